The molecule has 6 nitrogen and oxygen atoms in total. The Bertz CT molecular complexity index is 538. The van der Waals surface area contributed by atoms with Gasteiger partial charge in [-0.3, -0.25) is 10.1 Å². The fourth-order valence-corrected chi connectivity index (χ4v) is 2.64. The summed E-state index contributed by atoms with van der Waals surface area (Å²) in [5, 5.41) is 10.9. The van der Waals surface area contributed by atoms with Gasteiger partial charge in [0.25, 0.3) is 0 Å². The molecular formula is C14H19FN2O4. The van der Waals surface area contributed by atoms with Gasteiger partial charge in [-0.05, 0) is 12.3 Å². The van der Waals surface area contributed by atoms with E-state index in [0.717, 1.165) is 12.5 Å². The summed E-state index contributed by atoms with van der Waals surface area (Å²) in [7, 11) is 2.97. The van der Waals surface area contributed by atoms with Gasteiger partial charge in [-0.1, -0.05) is 6.92 Å². The zero-order valence-electron chi connectivity index (χ0n) is 12.3. The monoisotopic (exact) mass is 298 g/mol. The molecule has 116 valence electrons. The van der Waals surface area contributed by atoms with Crippen LogP contribution in [0.5, 0.6) is 5.75 Å². The van der Waals surface area contributed by atoms with Crippen molar-refractivity contribution in [3.8, 4) is 5.75 Å². The van der Waals surface area contributed by atoms with Crippen LogP contribution >= 0.6 is 0 Å². The first kappa shape index (κ1) is 15.5. The molecule has 0 aromatic heterocycles. The molecule has 1 aromatic rings. The Labute approximate surface area is 122 Å². The Kier molecular flexibility index (Phi) is 4.62. The first-order chi connectivity index (χ1) is 9.97. The minimum atomic E-state index is -0.651. The maximum Gasteiger partial charge on any atom is 0.313 e. The van der Waals surface area contributed by atoms with Crippen molar-refractivity contribution < 1.29 is 18.8 Å². The molecule has 0 N–H and O–H groups in total. The summed E-state index contributed by atoms with van der Waals surface area (Å²) in [6, 6.07) is 2.30. The molecule has 1 aromatic carbocycles. The topological polar surface area (TPSA) is 64.8 Å². The number of piperidine rings is 1. The predicted octanol–water partition coefficient (Wildman–Crippen LogP) is 2.60. The summed E-state index contributed by atoms with van der Waals surface area (Å²) in [5.41, 5.74) is -0.0566. The van der Waals surface area contributed by atoms with Crippen LogP contribution in [0.2, 0.25) is 0 Å². The first-order valence-electron chi connectivity index (χ1n) is 6.77. The summed E-state index contributed by atoms with van der Waals surface area (Å²) in [6.45, 7) is 3.33. The fourth-order valence-electron chi connectivity index (χ4n) is 2.64. The van der Waals surface area contributed by atoms with Gasteiger partial charge in [-0.2, -0.15) is 0 Å². The molecule has 2 unspecified atom stereocenters. The molecule has 1 aliphatic heterocycles. The third kappa shape index (κ3) is 3.07. The van der Waals surface area contributed by atoms with Gasteiger partial charge in [0, 0.05) is 26.3 Å². The Morgan fingerprint density at radius 1 is 1.43 bits per heavy atom. The number of nitro groups is 1. The molecule has 21 heavy (non-hydrogen) atoms. The average Bonchev–Trinajstić information content (AvgIpc) is 2.47. The molecule has 0 radical (unpaired) electrons. The second kappa shape index (κ2) is 6.26. The number of ether oxygens (including phenoxy) is 2. The number of nitro benzene ring substituents is 1. The summed E-state index contributed by atoms with van der Waals surface area (Å²) in [6.07, 6.45) is 0.886. The van der Waals surface area contributed by atoms with Gasteiger partial charge in [0.05, 0.1) is 29.9 Å². The molecule has 0 saturated carbocycles. The third-order valence-corrected chi connectivity index (χ3v) is 3.98. The number of rotatable bonds is 4. The first-order valence-corrected chi connectivity index (χ1v) is 6.77. The van der Waals surface area contributed by atoms with Gasteiger partial charge in [-0.25, -0.2) is 4.39 Å². The number of nitrogens with zero attached hydrogens (tertiary/aromatic N) is 2. The van der Waals surface area contributed by atoms with Gasteiger partial charge in [0.1, 0.15) is 0 Å². The molecule has 7 heteroatoms. The standard InChI is InChI=1S/C14H19FN2O4/c1-9-4-5-16(8-14(9)21-3)11-7-13(20-2)12(17(18)19)6-10(11)15/h6-7,9,14H,4-5,8H2,1-3H3. The average molecular weight is 298 g/mol. The van der Waals surface area contributed by atoms with E-state index in [1.54, 1.807) is 7.11 Å². The van der Waals surface area contributed by atoms with Crippen LogP contribution in [0, 0.1) is 21.8 Å². The number of benzene rings is 1. The molecule has 1 fully saturated rings. The molecule has 0 bridgehead atoms. The molecule has 0 amide bonds. The lowest BCUT2D eigenvalue weighted by molar-refractivity contribution is -0.385. The molecule has 2 atom stereocenters. The van der Waals surface area contributed by atoms with Gasteiger partial charge in [-0.15, -0.1) is 0 Å². The summed E-state index contributed by atoms with van der Waals surface area (Å²) in [5.74, 6) is -0.162. The van der Waals surface area contributed by atoms with Crippen molar-refractivity contribution in [1.29, 1.82) is 0 Å². The zero-order chi connectivity index (χ0) is 15.6. The van der Waals surface area contributed by atoms with E-state index in [1.807, 2.05) is 4.90 Å². The lowest BCUT2D eigenvalue weighted by Crippen LogP contribution is -2.44. The summed E-state index contributed by atoms with van der Waals surface area (Å²) < 4.78 is 24.6. The lowest BCUT2D eigenvalue weighted by Gasteiger charge is -2.37. The van der Waals surface area contributed by atoms with Crippen molar-refractivity contribution in [3.05, 3.63) is 28.1 Å². The van der Waals surface area contributed by atoms with Crippen LogP contribution in [0.1, 0.15) is 13.3 Å². The number of hydrogen-bond donors (Lipinski definition) is 0. The highest BCUT2D eigenvalue weighted by molar-refractivity contribution is 5.60. The van der Waals surface area contributed by atoms with E-state index in [0.29, 0.717) is 24.7 Å². The molecule has 0 aliphatic carbocycles. The number of hydrogen-bond acceptors (Lipinski definition) is 5. The maximum absolute atomic E-state index is 14.2. The minimum absolute atomic E-state index is 0.0133. The highest BCUT2D eigenvalue weighted by atomic mass is 19.1. The Hall–Kier alpha value is -1.89. The maximum atomic E-state index is 14.2. The Morgan fingerprint density at radius 2 is 2.14 bits per heavy atom. The van der Waals surface area contributed by atoms with Crippen molar-refractivity contribution in [2.24, 2.45) is 5.92 Å². The van der Waals surface area contributed by atoms with E-state index in [2.05, 4.69) is 6.92 Å². The van der Waals surface area contributed by atoms with Crippen LogP contribution < -0.4 is 9.64 Å². The quantitative estimate of drug-likeness (QED) is 0.631. The lowest BCUT2D eigenvalue weighted by atomic mass is 9.95. The molecule has 1 heterocycles. The second-order valence-electron chi connectivity index (χ2n) is 5.22. The molecule has 2 rings (SSSR count). The van der Waals surface area contributed by atoms with Crippen LogP contribution in [0.3, 0.4) is 0 Å². The van der Waals surface area contributed by atoms with Crippen molar-refractivity contribution in [2.45, 2.75) is 19.4 Å². The zero-order valence-corrected chi connectivity index (χ0v) is 12.3. The van der Waals surface area contributed by atoms with Crippen LogP contribution in [0.15, 0.2) is 12.1 Å². The van der Waals surface area contributed by atoms with E-state index in [-0.39, 0.29) is 17.5 Å². The van der Waals surface area contributed by atoms with Crippen LogP contribution in [0.25, 0.3) is 0 Å². The number of anilines is 1. The van der Waals surface area contributed by atoms with Crippen molar-refractivity contribution >= 4 is 11.4 Å². The van der Waals surface area contributed by atoms with E-state index >= 15 is 0 Å². The second-order valence-corrected chi connectivity index (χ2v) is 5.22. The molecule has 1 aliphatic rings. The predicted molar refractivity (Wildman–Crippen MR) is 76.4 cm³/mol. The Morgan fingerprint density at radius 3 is 2.71 bits per heavy atom. The van der Waals surface area contributed by atoms with Gasteiger partial charge in [0.15, 0.2) is 11.6 Å². The van der Waals surface area contributed by atoms with Gasteiger partial charge < -0.3 is 14.4 Å². The van der Waals surface area contributed by atoms with Crippen molar-refractivity contribution in [3.63, 3.8) is 0 Å². The van der Waals surface area contributed by atoms with E-state index in [9.17, 15) is 14.5 Å². The smallest absolute Gasteiger partial charge is 0.313 e. The van der Waals surface area contributed by atoms with Crippen molar-refractivity contribution in [2.75, 3.05) is 32.2 Å². The van der Waals surface area contributed by atoms with E-state index < -0.39 is 10.7 Å². The highest BCUT2D eigenvalue weighted by Gasteiger charge is 2.29. The fraction of sp³-hybridized carbons (Fsp3) is 0.571. The normalized spacial score (nSPS) is 22.2. The van der Waals surface area contributed by atoms with Gasteiger partial charge in [0.2, 0.25) is 0 Å². The number of methoxy groups -OCH3 is 2. The van der Waals surface area contributed by atoms with Crippen LogP contribution in [-0.4, -0.2) is 38.3 Å². The number of halogens is 1. The molecular weight excluding hydrogens is 279 g/mol. The van der Waals surface area contributed by atoms with E-state index in [1.165, 1.54) is 13.2 Å². The van der Waals surface area contributed by atoms with Crippen LogP contribution in [0.4, 0.5) is 15.8 Å². The van der Waals surface area contributed by atoms with Crippen LogP contribution in [-0.2, 0) is 4.74 Å². The van der Waals surface area contributed by atoms with Gasteiger partial charge >= 0.3 is 5.69 Å². The third-order valence-electron chi connectivity index (χ3n) is 3.98. The van der Waals surface area contributed by atoms with Crippen molar-refractivity contribution in [1.82, 2.24) is 0 Å². The molecule has 1 saturated heterocycles. The summed E-state index contributed by atoms with van der Waals surface area (Å²) in [4.78, 5) is 12.1. The summed E-state index contributed by atoms with van der Waals surface area (Å²) >= 11 is 0. The molecule has 0 spiro atoms. The SMILES string of the molecule is COc1cc(N2CCC(C)C(OC)C2)c(F)cc1[N+](=O)[O-]. The van der Waals surface area contributed by atoms with E-state index in [4.69, 9.17) is 9.47 Å². The highest BCUT2D eigenvalue weighted by Crippen LogP contribution is 2.35. The minimum Gasteiger partial charge on any atom is -0.490 e. The Balaban J connectivity index is 2.33. The largest absolute Gasteiger partial charge is 0.490 e.